The van der Waals surface area contributed by atoms with Gasteiger partial charge in [0.2, 0.25) is 5.78 Å². The molecule has 5 rings (SSSR count). The van der Waals surface area contributed by atoms with E-state index in [1.807, 2.05) is 34.9 Å². The Morgan fingerprint density at radius 1 is 1.25 bits per heavy atom. The second kappa shape index (κ2) is 6.63. The highest BCUT2D eigenvalue weighted by molar-refractivity contribution is 7.98. The van der Waals surface area contributed by atoms with Gasteiger partial charge >= 0.3 is 0 Å². The number of methoxy groups -OCH3 is 1. The molecule has 0 fully saturated rings. The lowest BCUT2D eigenvalue weighted by Crippen LogP contribution is -2.22. The molecule has 0 radical (unpaired) electrons. The maximum absolute atomic E-state index is 13.7. The van der Waals surface area contributed by atoms with E-state index >= 15 is 0 Å². The normalized spacial score (nSPS) is 16.6. The van der Waals surface area contributed by atoms with Crippen LogP contribution >= 0.6 is 23.1 Å². The van der Waals surface area contributed by atoms with Crippen LogP contribution in [0.2, 0.25) is 0 Å². The molecule has 6 nitrogen and oxygen atoms in total. The van der Waals surface area contributed by atoms with Gasteiger partial charge in [0.05, 0.1) is 18.2 Å². The van der Waals surface area contributed by atoms with Crippen molar-refractivity contribution in [3.63, 3.8) is 0 Å². The Bertz CT molecular complexity index is 1250. The van der Waals surface area contributed by atoms with Gasteiger partial charge in [0.15, 0.2) is 5.16 Å². The molecule has 0 N–H and O–H groups in total. The van der Waals surface area contributed by atoms with Crippen LogP contribution in [-0.2, 0) is 12.8 Å². The van der Waals surface area contributed by atoms with Crippen LogP contribution in [0.15, 0.2) is 34.2 Å². The van der Waals surface area contributed by atoms with Crippen molar-refractivity contribution < 1.29 is 4.74 Å². The van der Waals surface area contributed by atoms with Crippen molar-refractivity contribution in [3.05, 3.63) is 45.1 Å². The van der Waals surface area contributed by atoms with E-state index in [4.69, 9.17) is 4.74 Å². The third-order valence-electron chi connectivity index (χ3n) is 5.44. The fraction of sp³-hybridized carbons (Fsp3) is 0.350. The lowest BCUT2D eigenvalue weighted by Gasteiger charge is -2.17. The third kappa shape index (κ3) is 2.51. The highest BCUT2D eigenvalue weighted by Gasteiger charge is 2.27. The summed E-state index contributed by atoms with van der Waals surface area (Å²) < 4.78 is 8.99. The molecule has 0 saturated heterocycles. The molecule has 144 valence electrons. The second-order valence-corrected chi connectivity index (χ2v) is 9.05. The number of hydrogen-bond acceptors (Lipinski definition) is 6. The fourth-order valence-corrected chi connectivity index (χ4v) is 6.03. The molecule has 3 heterocycles. The summed E-state index contributed by atoms with van der Waals surface area (Å²) in [6.07, 6.45) is 5.10. The van der Waals surface area contributed by atoms with Crippen LogP contribution in [0.3, 0.4) is 0 Å². The van der Waals surface area contributed by atoms with Crippen molar-refractivity contribution in [2.45, 2.75) is 31.3 Å². The topological polar surface area (TPSA) is 61.4 Å². The van der Waals surface area contributed by atoms with Crippen molar-refractivity contribution in [2.24, 2.45) is 5.92 Å². The minimum atomic E-state index is -0.0141. The number of rotatable bonds is 3. The molecule has 0 aliphatic heterocycles. The van der Waals surface area contributed by atoms with Gasteiger partial charge in [0.25, 0.3) is 5.56 Å². The summed E-state index contributed by atoms with van der Waals surface area (Å²) in [5.74, 6) is 1.96. The minimum Gasteiger partial charge on any atom is -0.497 e. The predicted octanol–water partition coefficient (Wildman–Crippen LogP) is 3.95. The molecule has 8 heteroatoms. The van der Waals surface area contributed by atoms with Crippen molar-refractivity contribution in [1.82, 2.24) is 19.2 Å². The van der Waals surface area contributed by atoms with E-state index in [0.717, 1.165) is 46.1 Å². The van der Waals surface area contributed by atoms with Gasteiger partial charge < -0.3 is 4.74 Å². The first-order valence-electron chi connectivity index (χ1n) is 9.25. The molecule has 4 aromatic rings. The van der Waals surface area contributed by atoms with Crippen LogP contribution in [-0.4, -0.2) is 32.5 Å². The number of aryl methyl sites for hydroxylation is 1. The number of fused-ring (bicyclic) bond motifs is 5. The van der Waals surface area contributed by atoms with Gasteiger partial charge in [-0.1, -0.05) is 18.7 Å². The van der Waals surface area contributed by atoms with Gasteiger partial charge in [-0.25, -0.2) is 8.97 Å². The van der Waals surface area contributed by atoms with Gasteiger partial charge in [-0.3, -0.25) is 4.79 Å². The molecular formula is C20H20N4O2S2. The molecular weight excluding hydrogens is 392 g/mol. The average Bonchev–Trinajstić information content (AvgIpc) is 3.29. The van der Waals surface area contributed by atoms with Crippen LogP contribution in [0.25, 0.3) is 21.7 Å². The monoisotopic (exact) mass is 412 g/mol. The lowest BCUT2D eigenvalue weighted by molar-refractivity contribution is 0.414. The van der Waals surface area contributed by atoms with Crippen molar-refractivity contribution in [1.29, 1.82) is 0 Å². The Morgan fingerprint density at radius 2 is 2.04 bits per heavy atom. The summed E-state index contributed by atoms with van der Waals surface area (Å²) in [7, 11) is 1.63. The van der Waals surface area contributed by atoms with Crippen LogP contribution in [0, 0.1) is 5.92 Å². The molecule has 0 spiro atoms. The Morgan fingerprint density at radius 3 is 2.75 bits per heavy atom. The van der Waals surface area contributed by atoms with E-state index in [9.17, 15) is 4.79 Å². The van der Waals surface area contributed by atoms with Crippen LogP contribution in [0.5, 0.6) is 5.75 Å². The zero-order valence-corrected chi connectivity index (χ0v) is 17.6. The van der Waals surface area contributed by atoms with Gasteiger partial charge in [0, 0.05) is 4.88 Å². The van der Waals surface area contributed by atoms with E-state index in [-0.39, 0.29) is 5.56 Å². The summed E-state index contributed by atoms with van der Waals surface area (Å²) in [5.41, 5.74) is 1.97. The number of thiophene rings is 1. The molecule has 3 aromatic heterocycles. The Hall–Kier alpha value is -2.32. The molecule has 1 aliphatic carbocycles. The van der Waals surface area contributed by atoms with E-state index in [2.05, 4.69) is 17.1 Å². The van der Waals surface area contributed by atoms with Gasteiger partial charge in [0.1, 0.15) is 10.6 Å². The molecule has 1 aromatic carbocycles. The summed E-state index contributed by atoms with van der Waals surface area (Å²) >= 11 is 3.27. The van der Waals surface area contributed by atoms with Gasteiger partial charge in [-0.05, 0) is 61.3 Å². The van der Waals surface area contributed by atoms with E-state index in [1.54, 1.807) is 34.8 Å². The van der Waals surface area contributed by atoms with E-state index < -0.39 is 0 Å². The smallest absolute Gasteiger partial charge is 0.268 e. The third-order valence-corrected chi connectivity index (χ3v) is 7.31. The van der Waals surface area contributed by atoms with Crippen molar-refractivity contribution >= 4 is 39.1 Å². The Balaban J connectivity index is 1.90. The zero-order valence-electron chi connectivity index (χ0n) is 15.9. The van der Waals surface area contributed by atoms with E-state index in [1.165, 1.54) is 10.4 Å². The lowest BCUT2D eigenvalue weighted by atomic mass is 9.89. The Labute approximate surface area is 170 Å². The molecule has 1 aliphatic rings. The number of hydrogen-bond donors (Lipinski definition) is 0. The minimum absolute atomic E-state index is 0.0141. The number of benzene rings is 1. The standard InChI is InChI=1S/C20H20N4O2S2/c1-11-4-9-14-15(10-11)28-18-16(14)17(25)23(12-5-7-13(26-2)8-6-12)19-21-22-20(27-3)24(18)19/h5-8,11H,4,9-10H2,1-3H3/t11-/m0/s1. The van der Waals surface area contributed by atoms with Gasteiger partial charge in [-0.15, -0.1) is 21.5 Å². The maximum atomic E-state index is 13.7. The number of thioether (sulfide) groups is 1. The molecule has 0 unspecified atom stereocenters. The predicted molar refractivity (Wildman–Crippen MR) is 113 cm³/mol. The molecule has 1 atom stereocenters. The maximum Gasteiger partial charge on any atom is 0.268 e. The van der Waals surface area contributed by atoms with Crippen molar-refractivity contribution in [2.75, 3.05) is 13.4 Å². The summed E-state index contributed by atoms with van der Waals surface area (Å²) in [4.78, 5) is 16.0. The average molecular weight is 413 g/mol. The van der Waals surface area contributed by atoms with E-state index in [0.29, 0.717) is 11.7 Å². The number of ether oxygens (including phenoxy) is 1. The summed E-state index contributed by atoms with van der Waals surface area (Å²) in [6.45, 7) is 2.28. The van der Waals surface area contributed by atoms with Crippen LogP contribution in [0.1, 0.15) is 23.8 Å². The molecule has 0 bridgehead atoms. The summed E-state index contributed by atoms with van der Waals surface area (Å²) in [5, 5.41) is 10.3. The zero-order chi connectivity index (χ0) is 19.4. The number of nitrogens with zero attached hydrogens (tertiary/aromatic N) is 4. The molecule has 0 saturated carbocycles. The first-order valence-corrected chi connectivity index (χ1v) is 11.3. The van der Waals surface area contributed by atoms with Gasteiger partial charge in [-0.2, -0.15) is 0 Å². The fourth-order valence-electron chi connectivity index (χ4n) is 4.00. The SMILES string of the molecule is COc1ccc(-n2c(=O)c3c4c(sc3n3c(SC)nnc23)C[C@@H](C)CC4)cc1. The second-order valence-electron chi connectivity index (χ2n) is 7.19. The summed E-state index contributed by atoms with van der Waals surface area (Å²) in [6, 6.07) is 7.50. The highest BCUT2D eigenvalue weighted by Crippen LogP contribution is 2.38. The first-order chi connectivity index (χ1) is 13.6. The largest absolute Gasteiger partial charge is 0.497 e. The Kier molecular flexibility index (Phi) is 4.21. The molecule has 28 heavy (non-hydrogen) atoms. The molecule has 0 amide bonds. The first kappa shape index (κ1) is 17.8. The highest BCUT2D eigenvalue weighted by atomic mass is 32.2. The quantitative estimate of drug-likeness (QED) is 0.477. The number of aromatic nitrogens is 4. The van der Waals surface area contributed by atoms with Crippen LogP contribution in [0.4, 0.5) is 0 Å². The van der Waals surface area contributed by atoms with Crippen LogP contribution < -0.4 is 10.3 Å². The van der Waals surface area contributed by atoms with Crippen molar-refractivity contribution in [3.8, 4) is 11.4 Å².